The third-order valence-electron chi connectivity index (χ3n) is 1.68. The minimum Gasteiger partial charge on any atom is -0.447 e. The molecule has 0 radical (unpaired) electrons. The van der Waals surface area contributed by atoms with Crippen molar-refractivity contribution in [1.29, 1.82) is 0 Å². The highest BCUT2D eigenvalue weighted by Crippen LogP contribution is 2.17. The number of amides is 2. The normalized spacial score (nSPS) is 22.1. The van der Waals surface area contributed by atoms with E-state index in [-0.39, 0.29) is 12.6 Å². The van der Waals surface area contributed by atoms with Gasteiger partial charge in [0.15, 0.2) is 0 Å². The third-order valence-corrected chi connectivity index (χ3v) is 1.68. The Kier molecular flexibility index (Phi) is 2.69. The summed E-state index contributed by atoms with van der Waals surface area (Å²) < 4.78 is 9.75. The van der Waals surface area contributed by atoms with E-state index in [1.165, 1.54) is 0 Å². The van der Waals surface area contributed by atoms with Gasteiger partial charge in [0.2, 0.25) is 0 Å². The summed E-state index contributed by atoms with van der Waals surface area (Å²) in [5.74, 6) is 0. The molecule has 0 unspecified atom stereocenters. The van der Waals surface area contributed by atoms with Gasteiger partial charge in [-0.05, 0) is 27.7 Å². The Morgan fingerprint density at radius 3 is 2.50 bits per heavy atom. The van der Waals surface area contributed by atoms with Gasteiger partial charge in [-0.25, -0.2) is 14.5 Å². The van der Waals surface area contributed by atoms with Crippen molar-refractivity contribution in [2.75, 3.05) is 6.61 Å². The highest BCUT2D eigenvalue weighted by molar-refractivity contribution is 5.89. The van der Waals surface area contributed by atoms with E-state index in [0.29, 0.717) is 0 Å². The van der Waals surface area contributed by atoms with Crippen LogP contribution in [0.15, 0.2) is 0 Å². The van der Waals surface area contributed by atoms with Crippen molar-refractivity contribution in [2.45, 2.75) is 39.3 Å². The molecule has 2 amide bonds. The van der Waals surface area contributed by atoms with E-state index in [0.717, 1.165) is 4.90 Å². The first-order valence-corrected chi connectivity index (χ1v) is 4.50. The van der Waals surface area contributed by atoms with Crippen molar-refractivity contribution < 1.29 is 19.1 Å². The van der Waals surface area contributed by atoms with E-state index in [1.54, 1.807) is 27.7 Å². The number of carbonyl (C=O) groups excluding carboxylic acids is 2. The van der Waals surface area contributed by atoms with E-state index >= 15 is 0 Å². The number of imide groups is 1. The molecule has 1 rings (SSSR count). The van der Waals surface area contributed by atoms with Crippen LogP contribution in [0.4, 0.5) is 9.59 Å². The van der Waals surface area contributed by atoms with Crippen molar-refractivity contribution >= 4 is 12.2 Å². The van der Waals surface area contributed by atoms with Gasteiger partial charge in [-0.1, -0.05) is 0 Å². The predicted octanol–water partition coefficient (Wildman–Crippen LogP) is 1.76. The monoisotopic (exact) mass is 201 g/mol. The average Bonchev–Trinajstić information content (AvgIpc) is 2.27. The lowest BCUT2D eigenvalue weighted by Gasteiger charge is -2.23. The lowest BCUT2D eigenvalue weighted by atomic mass is 10.2. The third kappa shape index (κ3) is 2.37. The molecule has 1 aliphatic heterocycles. The first kappa shape index (κ1) is 10.8. The number of nitrogens with zero attached hydrogens (tertiary/aromatic N) is 1. The molecule has 14 heavy (non-hydrogen) atoms. The highest BCUT2D eigenvalue weighted by atomic mass is 16.6. The molecule has 5 heteroatoms. The van der Waals surface area contributed by atoms with Gasteiger partial charge in [-0.15, -0.1) is 0 Å². The molecular formula is C9H15NO4. The number of ether oxygens (including phenoxy) is 2. The molecular weight excluding hydrogens is 186 g/mol. The maximum absolute atomic E-state index is 11.5. The summed E-state index contributed by atoms with van der Waals surface area (Å²) >= 11 is 0. The molecule has 1 fully saturated rings. The van der Waals surface area contributed by atoms with E-state index in [1.807, 2.05) is 0 Å². The second kappa shape index (κ2) is 3.48. The molecule has 1 atom stereocenters. The SMILES string of the molecule is C[C@H]1COC(=O)N1C(=O)OC(C)(C)C. The summed E-state index contributed by atoms with van der Waals surface area (Å²) in [5.41, 5.74) is -0.598. The van der Waals surface area contributed by atoms with E-state index in [9.17, 15) is 9.59 Å². The number of cyclic esters (lactones) is 1. The van der Waals surface area contributed by atoms with Crippen molar-refractivity contribution in [2.24, 2.45) is 0 Å². The standard InChI is InChI=1S/C9H15NO4/c1-6-5-13-7(11)10(6)8(12)14-9(2,3)4/h6H,5H2,1-4H3/t6-/m0/s1. The van der Waals surface area contributed by atoms with Crippen molar-refractivity contribution in [1.82, 2.24) is 4.90 Å². The summed E-state index contributed by atoms with van der Waals surface area (Å²) in [7, 11) is 0. The van der Waals surface area contributed by atoms with Crippen LogP contribution < -0.4 is 0 Å². The van der Waals surface area contributed by atoms with Crippen LogP contribution in [0.1, 0.15) is 27.7 Å². The van der Waals surface area contributed by atoms with Gasteiger partial charge in [0.25, 0.3) is 0 Å². The Hall–Kier alpha value is -1.26. The topological polar surface area (TPSA) is 55.8 Å². The molecule has 1 aliphatic rings. The van der Waals surface area contributed by atoms with Crippen molar-refractivity contribution in [3.05, 3.63) is 0 Å². The van der Waals surface area contributed by atoms with Crippen LogP contribution in [-0.4, -0.2) is 35.3 Å². The molecule has 0 N–H and O–H groups in total. The van der Waals surface area contributed by atoms with E-state index < -0.39 is 17.8 Å². The molecule has 0 aromatic carbocycles. The van der Waals surface area contributed by atoms with Crippen molar-refractivity contribution in [3.63, 3.8) is 0 Å². The number of hydrogen-bond donors (Lipinski definition) is 0. The summed E-state index contributed by atoms with van der Waals surface area (Å²) in [6.07, 6.45) is -1.28. The molecule has 0 saturated carbocycles. The quantitative estimate of drug-likeness (QED) is 0.599. The van der Waals surface area contributed by atoms with Gasteiger partial charge in [-0.3, -0.25) is 0 Å². The smallest absolute Gasteiger partial charge is 0.420 e. The van der Waals surface area contributed by atoms with Crippen molar-refractivity contribution in [3.8, 4) is 0 Å². The van der Waals surface area contributed by atoms with E-state index in [2.05, 4.69) is 0 Å². The number of hydrogen-bond acceptors (Lipinski definition) is 4. The van der Waals surface area contributed by atoms with Crippen LogP contribution in [0.3, 0.4) is 0 Å². The first-order valence-electron chi connectivity index (χ1n) is 4.50. The zero-order valence-corrected chi connectivity index (χ0v) is 8.86. The summed E-state index contributed by atoms with van der Waals surface area (Å²) in [6.45, 7) is 7.21. The van der Waals surface area contributed by atoms with Gasteiger partial charge in [0.1, 0.15) is 12.2 Å². The Morgan fingerprint density at radius 1 is 1.57 bits per heavy atom. The van der Waals surface area contributed by atoms with Gasteiger partial charge >= 0.3 is 12.2 Å². The molecule has 1 heterocycles. The Balaban J connectivity index is 2.65. The van der Waals surface area contributed by atoms with Crippen LogP contribution in [0, 0.1) is 0 Å². The number of rotatable bonds is 0. The minimum absolute atomic E-state index is 0.234. The average molecular weight is 201 g/mol. The second-order valence-corrected chi connectivity index (χ2v) is 4.28. The fourth-order valence-electron chi connectivity index (χ4n) is 1.08. The second-order valence-electron chi connectivity index (χ2n) is 4.28. The van der Waals surface area contributed by atoms with Crippen LogP contribution in [0.2, 0.25) is 0 Å². The molecule has 0 aromatic rings. The maximum Gasteiger partial charge on any atom is 0.420 e. The molecule has 80 valence electrons. The highest BCUT2D eigenvalue weighted by Gasteiger charge is 2.37. The molecule has 0 bridgehead atoms. The molecule has 0 spiro atoms. The van der Waals surface area contributed by atoms with Crippen LogP contribution in [-0.2, 0) is 9.47 Å². The largest absolute Gasteiger partial charge is 0.447 e. The Bertz CT molecular complexity index is 256. The predicted molar refractivity (Wildman–Crippen MR) is 48.9 cm³/mol. The molecule has 0 aromatic heterocycles. The fourth-order valence-corrected chi connectivity index (χ4v) is 1.08. The lowest BCUT2D eigenvalue weighted by molar-refractivity contribution is 0.0301. The van der Waals surface area contributed by atoms with Crippen LogP contribution >= 0.6 is 0 Å². The van der Waals surface area contributed by atoms with Gasteiger partial charge in [-0.2, -0.15) is 0 Å². The summed E-state index contributed by atoms with van der Waals surface area (Å²) in [5, 5.41) is 0. The van der Waals surface area contributed by atoms with Gasteiger partial charge in [0.05, 0.1) is 6.04 Å². The summed E-state index contributed by atoms with van der Waals surface area (Å²) in [6, 6.07) is -0.252. The minimum atomic E-state index is -0.646. The Morgan fingerprint density at radius 2 is 2.14 bits per heavy atom. The lowest BCUT2D eigenvalue weighted by Crippen LogP contribution is -2.41. The first-order chi connectivity index (χ1) is 6.31. The number of carbonyl (C=O) groups is 2. The van der Waals surface area contributed by atoms with Gasteiger partial charge in [0, 0.05) is 0 Å². The summed E-state index contributed by atoms with van der Waals surface area (Å²) in [4.78, 5) is 23.6. The molecule has 0 aliphatic carbocycles. The van der Waals surface area contributed by atoms with E-state index in [4.69, 9.17) is 9.47 Å². The van der Waals surface area contributed by atoms with Crippen LogP contribution in [0.25, 0.3) is 0 Å². The van der Waals surface area contributed by atoms with Gasteiger partial charge < -0.3 is 9.47 Å². The fraction of sp³-hybridized carbons (Fsp3) is 0.778. The van der Waals surface area contributed by atoms with Crippen LogP contribution in [0.5, 0.6) is 0 Å². The Labute approximate surface area is 83.0 Å². The zero-order chi connectivity index (χ0) is 10.9. The molecule has 5 nitrogen and oxygen atoms in total. The molecule has 1 saturated heterocycles. The maximum atomic E-state index is 11.5. The zero-order valence-electron chi connectivity index (χ0n) is 8.86.